The van der Waals surface area contributed by atoms with E-state index in [2.05, 4.69) is 22.0 Å². The van der Waals surface area contributed by atoms with Gasteiger partial charge in [0.15, 0.2) is 0 Å². The molecule has 3 rings (SSSR count). The van der Waals surface area contributed by atoms with Crippen LogP contribution in [0.25, 0.3) is 11.1 Å². The average molecular weight is 325 g/mol. The van der Waals surface area contributed by atoms with Crippen LogP contribution in [-0.4, -0.2) is 34.5 Å². The van der Waals surface area contributed by atoms with Gasteiger partial charge < -0.3 is 4.98 Å². The predicted molar refractivity (Wildman–Crippen MR) is 94.6 cm³/mol. The van der Waals surface area contributed by atoms with Crippen LogP contribution >= 0.6 is 11.8 Å². The van der Waals surface area contributed by atoms with Crippen LogP contribution in [0, 0.1) is 18.3 Å². The SMILES string of the molecule is Cc1cc(-c2ccc(CN3CCSCC3)cc2)c(C#N)c(=O)[nH]1. The number of hydrogen-bond donors (Lipinski definition) is 1. The van der Waals surface area contributed by atoms with Gasteiger partial charge in [0.05, 0.1) is 0 Å². The number of rotatable bonds is 3. The van der Waals surface area contributed by atoms with Crippen LogP contribution in [0.15, 0.2) is 35.1 Å². The number of H-pyrrole nitrogens is 1. The topological polar surface area (TPSA) is 59.9 Å². The lowest BCUT2D eigenvalue weighted by molar-refractivity contribution is 0.294. The van der Waals surface area contributed by atoms with Crippen LogP contribution < -0.4 is 5.56 Å². The van der Waals surface area contributed by atoms with E-state index < -0.39 is 0 Å². The van der Waals surface area contributed by atoms with Crippen molar-refractivity contribution >= 4 is 11.8 Å². The van der Waals surface area contributed by atoms with Crippen molar-refractivity contribution in [3.63, 3.8) is 0 Å². The number of aromatic amines is 1. The molecular formula is C18H19N3OS. The summed E-state index contributed by atoms with van der Waals surface area (Å²) in [5.41, 5.74) is 3.50. The number of nitrogens with one attached hydrogen (secondary N) is 1. The van der Waals surface area contributed by atoms with E-state index in [9.17, 15) is 10.1 Å². The molecule has 1 aromatic heterocycles. The maximum absolute atomic E-state index is 11.9. The summed E-state index contributed by atoms with van der Waals surface area (Å²) in [5, 5.41) is 9.24. The largest absolute Gasteiger partial charge is 0.325 e. The average Bonchev–Trinajstić information content (AvgIpc) is 2.56. The summed E-state index contributed by atoms with van der Waals surface area (Å²) in [5.74, 6) is 2.41. The number of benzene rings is 1. The summed E-state index contributed by atoms with van der Waals surface area (Å²) in [7, 11) is 0. The second kappa shape index (κ2) is 7.03. The second-order valence-corrected chi connectivity index (χ2v) is 6.99. The summed E-state index contributed by atoms with van der Waals surface area (Å²) in [6, 6.07) is 12.1. The molecule has 1 aliphatic rings. The molecule has 0 atom stereocenters. The molecule has 1 N–H and O–H groups in total. The van der Waals surface area contributed by atoms with E-state index in [4.69, 9.17) is 0 Å². The summed E-state index contributed by atoms with van der Waals surface area (Å²) in [4.78, 5) is 17.0. The molecule has 4 nitrogen and oxygen atoms in total. The van der Waals surface area contributed by atoms with E-state index in [1.807, 2.05) is 43.0 Å². The highest BCUT2D eigenvalue weighted by atomic mass is 32.2. The van der Waals surface area contributed by atoms with Gasteiger partial charge in [-0.1, -0.05) is 24.3 Å². The molecule has 0 bridgehead atoms. The molecule has 2 heterocycles. The Bertz CT molecular complexity index is 783. The van der Waals surface area contributed by atoms with Crippen molar-refractivity contribution in [2.24, 2.45) is 0 Å². The molecule has 0 radical (unpaired) electrons. The highest BCUT2D eigenvalue weighted by molar-refractivity contribution is 7.99. The zero-order chi connectivity index (χ0) is 16.2. The normalized spacial score (nSPS) is 15.3. The first kappa shape index (κ1) is 15.9. The van der Waals surface area contributed by atoms with Crippen molar-refractivity contribution in [2.75, 3.05) is 24.6 Å². The lowest BCUT2D eigenvalue weighted by Crippen LogP contribution is -2.31. The molecule has 0 unspecified atom stereocenters. The van der Waals surface area contributed by atoms with E-state index in [1.165, 1.54) is 17.1 Å². The van der Waals surface area contributed by atoms with Crippen molar-refractivity contribution < 1.29 is 0 Å². The molecule has 1 saturated heterocycles. The summed E-state index contributed by atoms with van der Waals surface area (Å²) < 4.78 is 0. The molecule has 2 aromatic rings. The van der Waals surface area contributed by atoms with E-state index >= 15 is 0 Å². The van der Waals surface area contributed by atoms with Gasteiger partial charge in [-0.05, 0) is 24.1 Å². The standard InChI is InChI=1S/C18H19N3OS/c1-13-10-16(17(11-19)18(22)20-13)15-4-2-14(3-5-15)12-21-6-8-23-9-7-21/h2-5,10H,6-9,12H2,1H3,(H,20,22). The van der Waals surface area contributed by atoms with Crippen molar-refractivity contribution in [2.45, 2.75) is 13.5 Å². The second-order valence-electron chi connectivity index (χ2n) is 5.77. The zero-order valence-electron chi connectivity index (χ0n) is 13.1. The van der Waals surface area contributed by atoms with Crippen LogP contribution in [0.1, 0.15) is 16.8 Å². The Labute approximate surface area is 140 Å². The number of nitriles is 1. The smallest absolute Gasteiger partial charge is 0.266 e. The van der Waals surface area contributed by atoms with Crippen LogP contribution in [-0.2, 0) is 6.54 Å². The summed E-state index contributed by atoms with van der Waals surface area (Å²) in [6.07, 6.45) is 0. The third kappa shape index (κ3) is 3.66. The van der Waals surface area contributed by atoms with E-state index in [1.54, 1.807) is 0 Å². The minimum atomic E-state index is -0.322. The Morgan fingerprint density at radius 1 is 1.26 bits per heavy atom. The van der Waals surface area contributed by atoms with Gasteiger partial charge in [-0.2, -0.15) is 17.0 Å². The third-order valence-corrected chi connectivity index (χ3v) is 5.00. The lowest BCUT2D eigenvalue weighted by Gasteiger charge is -2.26. The Morgan fingerprint density at radius 3 is 2.61 bits per heavy atom. The van der Waals surface area contributed by atoms with Gasteiger partial charge in [-0.15, -0.1) is 0 Å². The molecule has 1 aromatic carbocycles. The molecule has 0 aliphatic carbocycles. The van der Waals surface area contributed by atoms with Gasteiger partial charge in [0.2, 0.25) is 0 Å². The van der Waals surface area contributed by atoms with Crippen LogP contribution in [0.3, 0.4) is 0 Å². The summed E-state index contributed by atoms with van der Waals surface area (Å²) in [6.45, 7) is 5.06. The number of hydrogen-bond acceptors (Lipinski definition) is 4. The first-order chi connectivity index (χ1) is 11.2. The van der Waals surface area contributed by atoms with Crippen molar-refractivity contribution in [1.82, 2.24) is 9.88 Å². The molecule has 23 heavy (non-hydrogen) atoms. The molecule has 1 aliphatic heterocycles. The van der Waals surface area contributed by atoms with E-state index in [-0.39, 0.29) is 11.1 Å². The third-order valence-electron chi connectivity index (χ3n) is 4.05. The highest BCUT2D eigenvalue weighted by Gasteiger charge is 2.12. The fourth-order valence-electron chi connectivity index (χ4n) is 2.83. The summed E-state index contributed by atoms with van der Waals surface area (Å²) >= 11 is 2.01. The maximum atomic E-state index is 11.9. The number of aryl methyl sites for hydroxylation is 1. The van der Waals surface area contributed by atoms with Crippen molar-refractivity contribution in [3.8, 4) is 17.2 Å². The number of thioether (sulfide) groups is 1. The molecule has 1 fully saturated rings. The molecule has 0 spiro atoms. The van der Waals surface area contributed by atoms with Crippen molar-refractivity contribution in [1.29, 1.82) is 5.26 Å². The molecule has 0 saturated carbocycles. The fraction of sp³-hybridized carbons (Fsp3) is 0.333. The van der Waals surface area contributed by atoms with Crippen LogP contribution in [0.2, 0.25) is 0 Å². The number of aromatic nitrogens is 1. The van der Waals surface area contributed by atoms with Gasteiger partial charge in [0, 0.05) is 42.4 Å². The zero-order valence-corrected chi connectivity index (χ0v) is 13.9. The molecular weight excluding hydrogens is 306 g/mol. The Hall–Kier alpha value is -2.03. The van der Waals surface area contributed by atoms with Gasteiger partial charge >= 0.3 is 0 Å². The van der Waals surface area contributed by atoms with Crippen LogP contribution in [0.4, 0.5) is 0 Å². The Balaban J connectivity index is 1.85. The van der Waals surface area contributed by atoms with E-state index in [0.29, 0.717) is 5.56 Å². The molecule has 5 heteroatoms. The quantitative estimate of drug-likeness (QED) is 0.943. The Kier molecular flexibility index (Phi) is 4.85. The lowest BCUT2D eigenvalue weighted by atomic mass is 10.00. The highest BCUT2D eigenvalue weighted by Crippen LogP contribution is 2.23. The number of pyridine rings is 1. The maximum Gasteiger partial charge on any atom is 0.266 e. The van der Waals surface area contributed by atoms with Gasteiger partial charge in [-0.3, -0.25) is 9.69 Å². The van der Waals surface area contributed by atoms with Gasteiger partial charge in [-0.25, -0.2) is 0 Å². The van der Waals surface area contributed by atoms with Gasteiger partial charge in [0.25, 0.3) is 5.56 Å². The first-order valence-corrected chi connectivity index (χ1v) is 8.86. The fourth-order valence-corrected chi connectivity index (χ4v) is 3.81. The minimum absolute atomic E-state index is 0.177. The molecule has 118 valence electrons. The van der Waals surface area contributed by atoms with Gasteiger partial charge in [0.1, 0.15) is 11.6 Å². The van der Waals surface area contributed by atoms with Crippen molar-refractivity contribution in [3.05, 3.63) is 57.5 Å². The monoisotopic (exact) mass is 325 g/mol. The molecule has 0 amide bonds. The first-order valence-electron chi connectivity index (χ1n) is 7.71. The van der Waals surface area contributed by atoms with Crippen LogP contribution in [0.5, 0.6) is 0 Å². The van der Waals surface area contributed by atoms with E-state index in [0.717, 1.165) is 30.9 Å². The predicted octanol–water partition coefficient (Wildman–Crippen LogP) is 2.77. The minimum Gasteiger partial charge on any atom is -0.325 e. The number of nitrogens with zero attached hydrogens (tertiary/aromatic N) is 2. The Morgan fingerprint density at radius 2 is 1.96 bits per heavy atom.